The SMILES string of the molecule is O=C(NCc1nc(-c2ccncc2)cs1)c1oc2ccccc2c1COc1ccccc1. The number of hydrogen-bond acceptors (Lipinski definition) is 6. The summed E-state index contributed by atoms with van der Waals surface area (Å²) < 4.78 is 11.8. The van der Waals surface area contributed by atoms with Crippen LogP contribution in [-0.2, 0) is 13.2 Å². The molecule has 0 radical (unpaired) electrons. The monoisotopic (exact) mass is 441 g/mol. The van der Waals surface area contributed by atoms with Gasteiger partial charge in [-0.05, 0) is 30.3 Å². The molecule has 0 saturated carbocycles. The Labute approximate surface area is 188 Å². The Balaban J connectivity index is 1.33. The molecule has 5 rings (SSSR count). The number of para-hydroxylation sites is 2. The van der Waals surface area contributed by atoms with Gasteiger partial charge in [0.25, 0.3) is 5.91 Å². The van der Waals surface area contributed by atoms with E-state index in [1.165, 1.54) is 11.3 Å². The summed E-state index contributed by atoms with van der Waals surface area (Å²) in [6.07, 6.45) is 3.47. The molecule has 0 saturated heterocycles. The molecule has 0 aliphatic carbocycles. The smallest absolute Gasteiger partial charge is 0.287 e. The number of carbonyl (C=O) groups excluding carboxylic acids is 1. The van der Waals surface area contributed by atoms with Crippen LogP contribution in [0.4, 0.5) is 0 Å². The average Bonchev–Trinajstić information content (AvgIpc) is 3.47. The summed E-state index contributed by atoms with van der Waals surface area (Å²) in [5, 5.41) is 6.57. The summed E-state index contributed by atoms with van der Waals surface area (Å²) in [7, 11) is 0. The van der Waals surface area contributed by atoms with Gasteiger partial charge in [-0.25, -0.2) is 4.98 Å². The van der Waals surface area contributed by atoms with Crippen LogP contribution >= 0.6 is 11.3 Å². The fourth-order valence-corrected chi connectivity index (χ4v) is 4.12. The van der Waals surface area contributed by atoms with Crippen molar-refractivity contribution in [3.05, 3.63) is 101 Å². The maximum Gasteiger partial charge on any atom is 0.287 e. The lowest BCUT2D eigenvalue weighted by molar-refractivity contribution is 0.0922. The van der Waals surface area contributed by atoms with Crippen LogP contribution in [0.25, 0.3) is 22.2 Å². The molecule has 0 aliphatic heterocycles. The molecule has 0 bridgehead atoms. The zero-order valence-corrected chi connectivity index (χ0v) is 17.8. The second-order valence-corrected chi connectivity index (χ2v) is 8.00. The first-order chi connectivity index (χ1) is 15.8. The van der Waals surface area contributed by atoms with Crippen LogP contribution < -0.4 is 10.1 Å². The van der Waals surface area contributed by atoms with Crippen LogP contribution in [0.15, 0.2) is 88.9 Å². The van der Waals surface area contributed by atoms with E-state index in [1.54, 1.807) is 12.4 Å². The van der Waals surface area contributed by atoms with Crippen LogP contribution in [0.3, 0.4) is 0 Å². The van der Waals surface area contributed by atoms with Crippen LogP contribution in [-0.4, -0.2) is 15.9 Å². The molecule has 7 heteroatoms. The maximum absolute atomic E-state index is 13.0. The molecule has 158 valence electrons. The van der Waals surface area contributed by atoms with Gasteiger partial charge in [0.2, 0.25) is 0 Å². The molecule has 3 aromatic heterocycles. The van der Waals surface area contributed by atoms with E-state index in [2.05, 4.69) is 15.3 Å². The van der Waals surface area contributed by atoms with E-state index >= 15 is 0 Å². The van der Waals surface area contributed by atoms with E-state index < -0.39 is 0 Å². The van der Waals surface area contributed by atoms with E-state index in [4.69, 9.17) is 9.15 Å². The van der Waals surface area contributed by atoms with Crippen molar-refractivity contribution in [2.24, 2.45) is 0 Å². The molecule has 6 nitrogen and oxygen atoms in total. The average molecular weight is 442 g/mol. The normalized spacial score (nSPS) is 10.9. The number of nitrogens with one attached hydrogen (secondary N) is 1. The van der Waals surface area contributed by atoms with E-state index in [-0.39, 0.29) is 18.3 Å². The standard InChI is InChI=1S/C25H19N3O3S/c29-25(27-14-23-28-21(16-32-23)17-10-12-26-13-11-17)24-20(15-30-18-6-2-1-3-7-18)19-8-4-5-9-22(19)31-24/h1-13,16H,14-15H2,(H,27,29). The quantitative estimate of drug-likeness (QED) is 0.363. The van der Waals surface area contributed by atoms with E-state index in [9.17, 15) is 4.79 Å². The second-order valence-electron chi connectivity index (χ2n) is 7.05. The highest BCUT2D eigenvalue weighted by molar-refractivity contribution is 7.09. The molecular formula is C25H19N3O3S. The first-order valence-corrected chi connectivity index (χ1v) is 11.0. The molecule has 32 heavy (non-hydrogen) atoms. The van der Waals surface area contributed by atoms with Gasteiger partial charge in [0.1, 0.15) is 22.9 Å². The van der Waals surface area contributed by atoms with Gasteiger partial charge in [0, 0.05) is 34.3 Å². The first kappa shape index (κ1) is 20.0. The maximum atomic E-state index is 13.0. The van der Waals surface area contributed by atoms with Gasteiger partial charge in [-0.15, -0.1) is 11.3 Å². The zero-order chi connectivity index (χ0) is 21.8. The minimum absolute atomic E-state index is 0.229. The van der Waals surface area contributed by atoms with Crippen LogP contribution in [0, 0.1) is 0 Å². The lowest BCUT2D eigenvalue weighted by atomic mass is 10.1. The fourth-order valence-electron chi connectivity index (χ4n) is 3.38. The number of aromatic nitrogens is 2. The fraction of sp³-hybridized carbons (Fsp3) is 0.0800. The van der Waals surface area contributed by atoms with Gasteiger partial charge in [0.15, 0.2) is 5.76 Å². The molecule has 0 unspecified atom stereocenters. The van der Waals surface area contributed by atoms with Crippen molar-refractivity contribution < 1.29 is 13.9 Å². The highest BCUT2D eigenvalue weighted by Gasteiger charge is 2.21. The minimum Gasteiger partial charge on any atom is -0.489 e. The third-order valence-electron chi connectivity index (χ3n) is 4.96. The van der Waals surface area contributed by atoms with Crippen molar-refractivity contribution in [3.63, 3.8) is 0 Å². The Kier molecular flexibility index (Phi) is 5.63. The molecule has 1 N–H and O–H groups in total. The predicted molar refractivity (Wildman–Crippen MR) is 124 cm³/mol. The highest BCUT2D eigenvalue weighted by Crippen LogP contribution is 2.28. The number of fused-ring (bicyclic) bond motifs is 1. The summed E-state index contributed by atoms with van der Waals surface area (Å²) >= 11 is 1.50. The summed E-state index contributed by atoms with van der Waals surface area (Å²) in [6.45, 7) is 0.540. The number of pyridine rings is 1. The molecule has 0 spiro atoms. The summed E-state index contributed by atoms with van der Waals surface area (Å²) in [4.78, 5) is 21.6. The summed E-state index contributed by atoms with van der Waals surface area (Å²) in [5.41, 5.74) is 3.23. The number of nitrogens with zero attached hydrogens (tertiary/aromatic N) is 2. The summed E-state index contributed by atoms with van der Waals surface area (Å²) in [6, 6.07) is 20.9. The van der Waals surface area contributed by atoms with Crippen molar-refractivity contribution >= 4 is 28.2 Å². The van der Waals surface area contributed by atoms with Crippen LogP contribution in [0.5, 0.6) is 5.75 Å². The second kappa shape index (κ2) is 9.03. The van der Waals surface area contributed by atoms with Gasteiger partial charge in [-0.1, -0.05) is 36.4 Å². The molecule has 2 aromatic carbocycles. The van der Waals surface area contributed by atoms with Gasteiger partial charge in [-0.2, -0.15) is 0 Å². The van der Waals surface area contributed by atoms with Crippen LogP contribution in [0.2, 0.25) is 0 Å². The third kappa shape index (κ3) is 4.24. The number of ether oxygens (including phenoxy) is 1. The molecule has 0 fully saturated rings. The zero-order valence-electron chi connectivity index (χ0n) is 17.0. The molecule has 3 heterocycles. The Morgan fingerprint density at radius 3 is 2.62 bits per heavy atom. The van der Waals surface area contributed by atoms with Crippen molar-refractivity contribution in [3.8, 4) is 17.0 Å². The van der Waals surface area contributed by atoms with Gasteiger partial charge in [-0.3, -0.25) is 9.78 Å². The number of carbonyl (C=O) groups is 1. The van der Waals surface area contributed by atoms with Gasteiger partial charge in [0.05, 0.1) is 12.2 Å². The predicted octanol–water partition coefficient (Wildman–Crippen LogP) is 5.46. The van der Waals surface area contributed by atoms with E-state index in [0.29, 0.717) is 12.1 Å². The van der Waals surface area contributed by atoms with Crippen molar-refractivity contribution in [2.75, 3.05) is 0 Å². The Bertz CT molecular complexity index is 1350. The number of benzene rings is 2. The van der Waals surface area contributed by atoms with Crippen molar-refractivity contribution in [2.45, 2.75) is 13.2 Å². The number of hydrogen-bond donors (Lipinski definition) is 1. The summed E-state index contributed by atoms with van der Waals surface area (Å²) in [5.74, 6) is 0.692. The lowest BCUT2D eigenvalue weighted by Gasteiger charge is -2.07. The topological polar surface area (TPSA) is 77.3 Å². The molecule has 5 aromatic rings. The van der Waals surface area contributed by atoms with E-state index in [0.717, 1.165) is 33.0 Å². The van der Waals surface area contributed by atoms with Gasteiger partial charge >= 0.3 is 0 Å². The number of rotatable bonds is 7. The molecule has 0 aliphatic rings. The molecule has 0 atom stereocenters. The van der Waals surface area contributed by atoms with Crippen molar-refractivity contribution in [1.82, 2.24) is 15.3 Å². The Morgan fingerprint density at radius 2 is 1.78 bits per heavy atom. The minimum atomic E-state index is -0.298. The number of furan rings is 1. The molecular weight excluding hydrogens is 422 g/mol. The van der Waals surface area contributed by atoms with E-state index in [1.807, 2.05) is 72.1 Å². The third-order valence-corrected chi connectivity index (χ3v) is 5.81. The van der Waals surface area contributed by atoms with Crippen LogP contribution in [0.1, 0.15) is 21.1 Å². The largest absolute Gasteiger partial charge is 0.489 e. The first-order valence-electron chi connectivity index (χ1n) is 10.1. The molecule has 1 amide bonds. The number of thiazole rings is 1. The highest BCUT2D eigenvalue weighted by atomic mass is 32.1. The Morgan fingerprint density at radius 1 is 1.00 bits per heavy atom. The Hall–Kier alpha value is -3.97. The number of amides is 1. The lowest BCUT2D eigenvalue weighted by Crippen LogP contribution is -2.23. The van der Waals surface area contributed by atoms with Crippen molar-refractivity contribution in [1.29, 1.82) is 0 Å². The van der Waals surface area contributed by atoms with Gasteiger partial charge < -0.3 is 14.5 Å².